The number of rotatable bonds is 7. The van der Waals surface area contributed by atoms with Gasteiger partial charge in [0.1, 0.15) is 5.69 Å². The zero-order valence-corrected chi connectivity index (χ0v) is 22.0. The van der Waals surface area contributed by atoms with Gasteiger partial charge in [0.2, 0.25) is 0 Å². The minimum absolute atomic E-state index is 0.306. The average molecular weight is 494 g/mol. The predicted octanol–water partition coefficient (Wildman–Crippen LogP) is 6.52. The third-order valence-electron chi connectivity index (χ3n) is 6.29. The molecule has 0 aliphatic rings. The van der Waals surface area contributed by atoms with Crippen LogP contribution in [-0.4, -0.2) is 33.9 Å². The van der Waals surface area contributed by atoms with E-state index in [4.69, 9.17) is 5.11 Å². The summed E-state index contributed by atoms with van der Waals surface area (Å²) in [5, 5.41) is 25.9. The van der Waals surface area contributed by atoms with Crippen LogP contribution in [0, 0.1) is 12.8 Å². The van der Waals surface area contributed by atoms with Crippen molar-refractivity contribution in [1.29, 1.82) is 0 Å². The van der Waals surface area contributed by atoms with E-state index < -0.39 is 0 Å². The van der Waals surface area contributed by atoms with E-state index in [1.165, 1.54) is 16.5 Å². The van der Waals surface area contributed by atoms with Crippen LogP contribution < -0.4 is 10.6 Å². The molecule has 4 N–H and O–H groups in total. The van der Waals surface area contributed by atoms with Crippen LogP contribution in [0.4, 0.5) is 5.69 Å². The van der Waals surface area contributed by atoms with Crippen LogP contribution in [-0.2, 0) is 6.54 Å². The average Bonchev–Trinajstić information content (AvgIpc) is 3.34. The van der Waals surface area contributed by atoms with Gasteiger partial charge in [0.15, 0.2) is 0 Å². The molecule has 6 nitrogen and oxygen atoms in total. The van der Waals surface area contributed by atoms with Gasteiger partial charge in [-0.05, 0) is 60.2 Å². The van der Waals surface area contributed by atoms with Crippen molar-refractivity contribution in [2.75, 3.05) is 19.0 Å². The van der Waals surface area contributed by atoms with Gasteiger partial charge in [-0.25, -0.2) is 0 Å². The molecule has 2 heterocycles. The Morgan fingerprint density at radius 2 is 1.81 bits per heavy atom. The molecule has 5 aromatic rings. The fourth-order valence-electron chi connectivity index (χ4n) is 4.18. The van der Waals surface area contributed by atoms with Gasteiger partial charge in [-0.15, -0.1) is 0 Å². The number of aliphatic hydroxyl groups is 1. The fraction of sp³-hybridized carbons (Fsp3) is 0.226. The number of nitrogens with zero attached hydrogens (tertiary/aromatic N) is 2. The Balaban J connectivity index is 0.000000586. The van der Waals surface area contributed by atoms with Gasteiger partial charge >= 0.3 is 0 Å². The molecule has 190 valence electrons. The maximum absolute atomic E-state index is 8.14. The van der Waals surface area contributed by atoms with Crippen LogP contribution in [0.1, 0.15) is 30.7 Å². The number of hydrogen-bond acceptors (Lipinski definition) is 5. The Morgan fingerprint density at radius 1 is 1.03 bits per heavy atom. The molecule has 6 heteroatoms. The molecular weight excluding hydrogens is 458 g/mol. The maximum atomic E-state index is 8.14. The summed E-state index contributed by atoms with van der Waals surface area (Å²) in [6, 6.07) is 20.9. The number of aliphatic hydroxyl groups excluding tert-OH is 1. The number of anilines is 1. The zero-order chi connectivity index (χ0) is 26.4. The Labute approximate surface area is 218 Å². The molecule has 3 aromatic carbocycles. The van der Waals surface area contributed by atoms with Crippen LogP contribution in [0.15, 0.2) is 79.6 Å². The molecule has 0 radical (unpaired) electrons. The van der Waals surface area contributed by atoms with Gasteiger partial charge in [-0.2, -0.15) is 5.10 Å². The van der Waals surface area contributed by atoms with Gasteiger partial charge in [-0.1, -0.05) is 62.9 Å². The largest absolute Gasteiger partial charge is 0.396 e. The van der Waals surface area contributed by atoms with Crippen LogP contribution in [0.5, 0.6) is 0 Å². The first-order valence-corrected chi connectivity index (χ1v) is 12.5. The summed E-state index contributed by atoms with van der Waals surface area (Å²) < 4.78 is 0. The van der Waals surface area contributed by atoms with Gasteiger partial charge in [-0.3, -0.25) is 10.1 Å². The summed E-state index contributed by atoms with van der Waals surface area (Å²) in [6.07, 6.45) is 3.82. The number of benzene rings is 3. The molecule has 0 fully saturated rings. The first-order chi connectivity index (χ1) is 17.9. The number of aromatic amines is 1. The molecule has 5 rings (SSSR count). The zero-order valence-electron chi connectivity index (χ0n) is 22.0. The lowest BCUT2D eigenvalue weighted by Gasteiger charge is -2.14. The van der Waals surface area contributed by atoms with Gasteiger partial charge in [0, 0.05) is 47.6 Å². The fourth-order valence-corrected chi connectivity index (χ4v) is 4.18. The number of pyridine rings is 1. The first-order valence-electron chi connectivity index (χ1n) is 12.5. The van der Waals surface area contributed by atoms with E-state index in [9.17, 15) is 0 Å². The van der Waals surface area contributed by atoms with E-state index in [0.29, 0.717) is 12.5 Å². The van der Waals surface area contributed by atoms with E-state index in [1.54, 1.807) is 0 Å². The number of aromatic nitrogens is 3. The highest BCUT2D eigenvalue weighted by atomic mass is 16.3. The first kappa shape index (κ1) is 26.1. The number of hydrogen-bond donors (Lipinski definition) is 4. The molecule has 0 atom stereocenters. The summed E-state index contributed by atoms with van der Waals surface area (Å²) in [5.41, 5.74) is 8.24. The molecule has 0 aliphatic heterocycles. The Morgan fingerprint density at radius 3 is 2.57 bits per heavy atom. The quantitative estimate of drug-likeness (QED) is 0.207. The maximum Gasteiger partial charge on any atom is 0.116 e. The van der Waals surface area contributed by atoms with Gasteiger partial charge in [0.25, 0.3) is 0 Å². The van der Waals surface area contributed by atoms with Crippen molar-refractivity contribution in [3.63, 3.8) is 0 Å². The Bertz CT molecular complexity index is 1510. The van der Waals surface area contributed by atoms with Crippen molar-refractivity contribution >= 4 is 33.1 Å². The number of nitrogens with one attached hydrogen (secondary N) is 3. The molecule has 0 amide bonds. The van der Waals surface area contributed by atoms with E-state index in [1.807, 2.05) is 39.4 Å². The monoisotopic (exact) mass is 493 g/mol. The second kappa shape index (κ2) is 11.8. The molecule has 2 aromatic heterocycles. The Hall–Kier alpha value is -4.00. The van der Waals surface area contributed by atoms with Crippen molar-refractivity contribution in [2.45, 2.75) is 27.3 Å². The second-order valence-corrected chi connectivity index (χ2v) is 9.54. The van der Waals surface area contributed by atoms with E-state index in [2.05, 4.69) is 93.9 Å². The topological polar surface area (TPSA) is 85.9 Å². The number of H-pyrrole nitrogens is 1. The standard InChI is InChI=1S/C27H25N5.C4H10O/c1-17-20(14-28-3)8-6-10-25(17)30-18(2)27-23-13-19(11-12-26(23)31-32-27)24-16-29-15-21-7-4-5-9-22(21)24;1-4(2)3-5/h4-13,15-16,28,30H,2,14H2,1,3H3,(H,31,32);4-5H,3H2,1-2H3. The second-order valence-electron chi connectivity index (χ2n) is 9.54. The lowest BCUT2D eigenvalue weighted by atomic mass is 9.99. The van der Waals surface area contributed by atoms with Crippen LogP contribution >= 0.6 is 0 Å². The summed E-state index contributed by atoms with van der Waals surface area (Å²) in [6.45, 7) is 11.5. The highest BCUT2D eigenvalue weighted by Crippen LogP contribution is 2.32. The van der Waals surface area contributed by atoms with Gasteiger partial charge < -0.3 is 15.7 Å². The molecule has 0 unspecified atom stereocenters. The molecule has 0 spiro atoms. The van der Waals surface area contributed by atoms with Crippen molar-refractivity contribution in [3.8, 4) is 11.1 Å². The van der Waals surface area contributed by atoms with Crippen molar-refractivity contribution in [1.82, 2.24) is 20.5 Å². The molecule has 37 heavy (non-hydrogen) atoms. The highest BCUT2D eigenvalue weighted by Gasteiger charge is 2.13. The normalized spacial score (nSPS) is 11.0. The van der Waals surface area contributed by atoms with E-state index in [-0.39, 0.29) is 0 Å². The van der Waals surface area contributed by atoms with Crippen molar-refractivity contribution in [2.24, 2.45) is 5.92 Å². The van der Waals surface area contributed by atoms with Crippen molar-refractivity contribution < 1.29 is 5.11 Å². The lowest BCUT2D eigenvalue weighted by molar-refractivity contribution is 0.248. The van der Waals surface area contributed by atoms with Crippen molar-refractivity contribution in [3.05, 3.63) is 96.5 Å². The highest BCUT2D eigenvalue weighted by molar-refractivity contribution is 6.00. The summed E-state index contributed by atoms with van der Waals surface area (Å²) in [5.74, 6) is 0.440. The third kappa shape index (κ3) is 5.88. The Kier molecular flexibility index (Phi) is 8.33. The van der Waals surface area contributed by atoms with Crippen LogP contribution in [0.25, 0.3) is 38.5 Å². The molecule has 0 aliphatic carbocycles. The SMILES string of the molecule is C=C(Nc1cccc(CNC)c1C)c1n[nH]c2ccc(-c3cncc4ccccc34)cc12.CC(C)CO. The number of fused-ring (bicyclic) bond motifs is 2. The third-order valence-corrected chi connectivity index (χ3v) is 6.29. The molecule has 0 saturated heterocycles. The minimum Gasteiger partial charge on any atom is -0.396 e. The molecular formula is C31H35N5O. The summed E-state index contributed by atoms with van der Waals surface area (Å²) >= 11 is 0. The predicted molar refractivity (Wildman–Crippen MR) is 155 cm³/mol. The van der Waals surface area contributed by atoms with Gasteiger partial charge in [0.05, 0.1) is 11.2 Å². The van der Waals surface area contributed by atoms with E-state index in [0.717, 1.165) is 51.0 Å². The van der Waals surface area contributed by atoms with Crippen LogP contribution in [0.2, 0.25) is 0 Å². The minimum atomic E-state index is 0.306. The molecule has 0 saturated carbocycles. The molecule has 0 bridgehead atoms. The lowest BCUT2D eigenvalue weighted by Crippen LogP contribution is -2.08. The summed E-state index contributed by atoms with van der Waals surface area (Å²) in [7, 11) is 1.96. The van der Waals surface area contributed by atoms with E-state index >= 15 is 0 Å². The smallest absolute Gasteiger partial charge is 0.116 e. The summed E-state index contributed by atoms with van der Waals surface area (Å²) in [4.78, 5) is 4.44. The van der Waals surface area contributed by atoms with Crippen LogP contribution in [0.3, 0.4) is 0 Å².